The van der Waals surface area contributed by atoms with Crippen molar-refractivity contribution in [3.63, 3.8) is 0 Å². The van der Waals surface area contributed by atoms with Gasteiger partial charge in [0.25, 0.3) is 5.91 Å². The van der Waals surface area contributed by atoms with Crippen molar-refractivity contribution in [1.82, 2.24) is 9.29 Å². The average molecular weight is 422 g/mol. The van der Waals surface area contributed by atoms with Crippen LogP contribution in [0.5, 0.6) is 0 Å². The van der Waals surface area contributed by atoms with Crippen molar-refractivity contribution in [3.8, 4) is 0 Å². The highest BCUT2D eigenvalue weighted by molar-refractivity contribution is 7.89. The second kappa shape index (κ2) is 7.31. The number of carbonyl (C=O) groups excluding carboxylic acids is 1. The smallest absolute Gasteiger partial charge is 0.267 e. The molecule has 0 saturated carbocycles. The van der Waals surface area contributed by atoms with E-state index in [1.54, 1.807) is 22.8 Å². The van der Waals surface area contributed by atoms with Crippen LogP contribution in [-0.2, 0) is 10.0 Å². The molecule has 1 aliphatic rings. The van der Waals surface area contributed by atoms with E-state index in [1.807, 2.05) is 19.1 Å². The monoisotopic (exact) mass is 421 g/mol. The summed E-state index contributed by atoms with van der Waals surface area (Å²) in [6.07, 6.45) is 2.76. The third kappa shape index (κ3) is 3.64. The van der Waals surface area contributed by atoms with E-state index in [2.05, 4.69) is 10.3 Å². The topological polar surface area (TPSA) is 79.4 Å². The lowest BCUT2D eigenvalue weighted by Gasteiger charge is -2.25. The molecule has 0 bridgehead atoms. The number of carbonyl (C=O) groups is 1. The molecule has 1 N–H and O–H groups in total. The summed E-state index contributed by atoms with van der Waals surface area (Å²) in [5.41, 5.74) is 1.52. The van der Waals surface area contributed by atoms with Crippen molar-refractivity contribution in [2.24, 2.45) is 0 Å². The zero-order valence-electron chi connectivity index (χ0n) is 14.8. The molecule has 1 amide bonds. The third-order valence-electron chi connectivity index (χ3n) is 4.52. The van der Waals surface area contributed by atoms with Gasteiger partial charge in [0.15, 0.2) is 0 Å². The van der Waals surface area contributed by atoms with Crippen molar-refractivity contribution < 1.29 is 13.2 Å². The fourth-order valence-corrected chi connectivity index (χ4v) is 6.90. The summed E-state index contributed by atoms with van der Waals surface area (Å²) in [7, 11) is -3.64. The zero-order chi connectivity index (χ0) is 19.0. The number of aromatic nitrogens is 1. The SMILES string of the molecule is Cc1nc2ccc(NC(=O)c3sccc3S(=O)(=O)N3CCCCC3)cc2s1. The number of nitrogens with one attached hydrogen (secondary N) is 1. The van der Waals surface area contributed by atoms with E-state index in [9.17, 15) is 13.2 Å². The summed E-state index contributed by atoms with van der Waals surface area (Å²) in [6.45, 7) is 2.97. The molecule has 27 heavy (non-hydrogen) atoms. The number of fused-ring (bicyclic) bond motifs is 1. The molecule has 1 aliphatic heterocycles. The molecule has 6 nitrogen and oxygen atoms in total. The number of thiazole rings is 1. The Labute approximate surface area is 165 Å². The normalized spacial score (nSPS) is 15.9. The number of hydrogen-bond donors (Lipinski definition) is 1. The van der Waals surface area contributed by atoms with E-state index in [0.717, 1.165) is 45.8 Å². The van der Waals surface area contributed by atoms with Crippen LogP contribution >= 0.6 is 22.7 Å². The number of rotatable bonds is 4. The Morgan fingerprint density at radius 2 is 1.96 bits per heavy atom. The first kappa shape index (κ1) is 18.5. The van der Waals surface area contributed by atoms with Crippen LogP contribution in [0.3, 0.4) is 0 Å². The molecule has 142 valence electrons. The summed E-state index contributed by atoms with van der Waals surface area (Å²) in [4.78, 5) is 17.5. The van der Waals surface area contributed by atoms with Crippen molar-refractivity contribution in [2.45, 2.75) is 31.1 Å². The number of aryl methyl sites for hydroxylation is 1. The van der Waals surface area contributed by atoms with Gasteiger partial charge in [0, 0.05) is 18.8 Å². The van der Waals surface area contributed by atoms with Crippen LogP contribution in [0.2, 0.25) is 0 Å². The van der Waals surface area contributed by atoms with Gasteiger partial charge in [-0.25, -0.2) is 13.4 Å². The van der Waals surface area contributed by atoms with Gasteiger partial charge < -0.3 is 5.32 Å². The fourth-order valence-electron chi connectivity index (χ4n) is 3.22. The number of sulfonamides is 1. The maximum atomic E-state index is 12.9. The number of nitrogens with zero attached hydrogens (tertiary/aromatic N) is 2. The highest BCUT2D eigenvalue weighted by atomic mass is 32.2. The Morgan fingerprint density at radius 3 is 2.74 bits per heavy atom. The second-order valence-electron chi connectivity index (χ2n) is 6.45. The molecule has 3 aromatic rings. The standard InChI is InChI=1S/C18H19N3O3S3/c1-12-19-14-6-5-13(11-15(14)26-12)20-18(22)17-16(7-10-25-17)27(23,24)21-8-3-2-4-9-21/h5-7,10-11H,2-4,8-9H2,1H3,(H,20,22). The minimum Gasteiger partial charge on any atom is -0.321 e. The Hall–Kier alpha value is -1.81. The van der Waals surface area contributed by atoms with E-state index in [-0.39, 0.29) is 9.77 Å². The maximum absolute atomic E-state index is 12.9. The molecular formula is C18H19N3O3S3. The van der Waals surface area contributed by atoms with Crippen LogP contribution in [0.15, 0.2) is 34.5 Å². The summed E-state index contributed by atoms with van der Waals surface area (Å²) in [5, 5.41) is 5.44. The van der Waals surface area contributed by atoms with E-state index >= 15 is 0 Å². The van der Waals surface area contributed by atoms with Crippen molar-refractivity contribution in [2.75, 3.05) is 18.4 Å². The van der Waals surface area contributed by atoms with Gasteiger partial charge in [-0.1, -0.05) is 6.42 Å². The molecule has 0 atom stereocenters. The molecule has 9 heteroatoms. The molecule has 0 unspecified atom stereocenters. The third-order valence-corrected chi connectivity index (χ3v) is 8.44. The predicted molar refractivity (Wildman–Crippen MR) is 109 cm³/mol. The van der Waals surface area contributed by atoms with Gasteiger partial charge in [-0.2, -0.15) is 4.31 Å². The molecule has 4 rings (SSSR count). The van der Waals surface area contributed by atoms with Crippen LogP contribution in [0.1, 0.15) is 33.9 Å². The van der Waals surface area contributed by atoms with Gasteiger partial charge in [0.1, 0.15) is 9.77 Å². The molecule has 1 saturated heterocycles. The fraction of sp³-hybridized carbons (Fsp3) is 0.333. The highest BCUT2D eigenvalue weighted by Crippen LogP contribution is 2.29. The quantitative estimate of drug-likeness (QED) is 0.688. The van der Waals surface area contributed by atoms with E-state index in [4.69, 9.17) is 0 Å². The Morgan fingerprint density at radius 1 is 1.19 bits per heavy atom. The molecule has 0 spiro atoms. The number of benzene rings is 1. The number of thiophene rings is 1. The van der Waals surface area contributed by atoms with Gasteiger partial charge in [0.05, 0.1) is 15.2 Å². The van der Waals surface area contributed by atoms with Gasteiger partial charge in [-0.15, -0.1) is 22.7 Å². The minimum absolute atomic E-state index is 0.0987. The molecule has 0 radical (unpaired) electrons. The molecule has 1 fully saturated rings. The van der Waals surface area contributed by atoms with E-state index < -0.39 is 15.9 Å². The molecule has 3 heterocycles. The highest BCUT2D eigenvalue weighted by Gasteiger charge is 2.31. The van der Waals surface area contributed by atoms with Gasteiger partial charge >= 0.3 is 0 Å². The van der Waals surface area contributed by atoms with Crippen LogP contribution in [0.25, 0.3) is 10.2 Å². The van der Waals surface area contributed by atoms with Gasteiger partial charge in [-0.3, -0.25) is 4.79 Å². The second-order valence-corrected chi connectivity index (χ2v) is 10.5. The largest absolute Gasteiger partial charge is 0.321 e. The molecule has 1 aromatic carbocycles. The van der Waals surface area contributed by atoms with Crippen LogP contribution in [-0.4, -0.2) is 36.7 Å². The van der Waals surface area contributed by atoms with Crippen molar-refractivity contribution in [3.05, 3.63) is 39.5 Å². The number of hydrogen-bond acceptors (Lipinski definition) is 6. The van der Waals surface area contributed by atoms with Crippen LogP contribution in [0, 0.1) is 6.92 Å². The van der Waals surface area contributed by atoms with E-state index in [1.165, 1.54) is 10.4 Å². The molecule has 2 aromatic heterocycles. The average Bonchev–Trinajstić information content (AvgIpc) is 3.28. The minimum atomic E-state index is -3.64. The summed E-state index contributed by atoms with van der Waals surface area (Å²) >= 11 is 2.70. The first-order valence-corrected chi connectivity index (χ1v) is 11.8. The summed E-state index contributed by atoms with van der Waals surface area (Å²) in [6, 6.07) is 7.03. The number of amides is 1. The zero-order valence-corrected chi connectivity index (χ0v) is 17.2. The van der Waals surface area contributed by atoms with Gasteiger partial charge in [0.2, 0.25) is 10.0 Å². The van der Waals surface area contributed by atoms with E-state index in [0.29, 0.717) is 18.8 Å². The van der Waals surface area contributed by atoms with Crippen LogP contribution in [0.4, 0.5) is 5.69 Å². The molecule has 0 aliphatic carbocycles. The predicted octanol–water partition coefficient (Wildman–Crippen LogP) is 4.09. The van der Waals surface area contributed by atoms with Crippen molar-refractivity contribution in [1.29, 1.82) is 0 Å². The maximum Gasteiger partial charge on any atom is 0.267 e. The lowest BCUT2D eigenvalue weighted by atomic mass is 10.2. The first-order chi connectivity index (χ1) is 12.9. The lowest BCUT2D eigenvalue weighted by Crippen LogP contribution is -2.36. The Balaban J connectivity index is 1.60. The Bertz CT molecular complexity index is 1100. The number of anilines is 1. The lowest BCUT2D eigenvalue weighted by molar-refractivity contribution is 0.102. The summed E-state index contributed by atoms with van der Waals surface area (Å²) < 4.78 is 28.4. The summed E-state index contributed by atoms with van der Waals surface area (Å²) in [5.74, 6) is -0.402. The first-order valence-electron chi connectivity index (χ1n) is 8.71. The number of piperidine rings is 1. The van der Waals surface area contributed by atoms with Crippen LogP contribution < -0.4 is 5.32 Å². The van der Waals surface area contributed by atoms with Crippen molar-refractivity contribution >= 4 is 54.5 Å². The Kier molecular flexibility index (Phi) is 5.02. The van der Waals surface area contributed by atoms with Gasteiger partial charge in [-0.05, 0) is 49.4 Å². The molecular weight excluding hydrogens is 402 g/mol.